The van der Waals surface area contributed by atoms with Crippen LogP contribution in [0.1, 0.15) is 37.3 Å². The zero-order valence-electron chi connectivity index (χ0n) is 21.5. The molecule has 0 amide bonds. The Labute approximate surface area is 220 Å². The SMILES string of the molecule is CC1=CC=C(C2=CC=C(C3=c4ccccc4=C(C4=Cc5ccccc5CC4)C4C=CC=CC34)CC2)CN1. The van der Waals surface area contributed by atoms with Crippen molar-refractivity contribution in [3.8, 4) is 0 Å². The minimum Gasteiger partial charge on any atom is -0.384 e. The Balaban J connectivity index is 1.40. The van der Waals surface area contributed by atoms with Crippen LogP contribution >= 0.6 is 0 Å². The third-order valence-corrected chi connectivity index (χ3v) is 8.70. The molecule has 182 valence electrons. The summed E-state index contributed by atoms with van der Waals surface area (Å²) in [4.78, 5) is 0. The van der Waals surface area contributed by atoms with Crippen LogP contribution in [-0.2, 0) is 6.42 Å². The molecule has 0 spiro atoms. The third-order valence-electron chi connectivity index (χ3n) is 8.70. The van der Waals surface area contributed by atoms with E-state index in [0.717, 1.165) is 32.2 Å². The highest BCUT2D eigenvalue weighted by Crippen LogP contribution is 2.44. The first-order valence-corrected chi connectivity index (χ1v) is 13.8. The van der Waals surface area contributed by atoms with E-state index in [1.165, 1.54) is 60.7 Å². The van der Waals surface area contributed by atoms with Crippen LogP contribution in [0.15, 0.2) is 125 Å². The molecule has 1 nitrogen and oxygen atoms in total. The summed E-state index contributed by atoms with van der Waals surface area (Å²) in [6, 6.07) is 18.1. The second-order valence-corrected chi connectivity index (χ2v) is 10.8. The Kier molecular flexibility index (Phi) is 5.58. The van der Waals surface area contributed by atoms with Crippen LogP contribution < -0.4 is 15.8 Å². The summed E-state index contributed by atoms with van der Waals surface area (Å²) in [5, 5.41) is 6.36. The predicted molar refractivity (Wildman–Crippen MR) is 156 cm³/mol. The smallest absolute Gasteiger partial charge is 0.0400 e. The van der Waals surface area contributed by atoms with Crippen LogP contribution in [-0.4, -0.2) is 6.54 Å². The molecule has 0 bridgehead atoms. The van der Waals surface area contributed by atoms with Gasteiger partial charge in [0.05, 0.1) is 0 Å². The molecule has 2 atom stereocenters. The number of fused-ring (bicyclic) bond motifs is 3. The van der Waals surface area contributed by atoms with E-state index >= 15 is 0 Å². The van der Waals surface area contributed by atoms with Crippen LogP contribution in [0.2, 0.25) is 0 Å². The first-order chi connectivity index (χ1) is 18.3. The Bertz CT molecular complexity index is 1630. The second kappa shape index (κ2) is 9.23. The Morgan fingerprint density at radius 2 is 1.24 bits per heavy atom. The first-order valence-electron chi connectivity index (χ1n) is 13.8. The summed E-state index contributed by atoms with van der Waals surface area (Å²) >= 11 is 0. The molecule has 5 aliphatic rings. The summed E-state index contributed by atoms with van der Waals surface area (Å²) in [5.74, 6) is 0.770. The molecule has 0 fully saturated rings. The number of rotatable bonds is 3. The quantitative estimate of drug-likeness (QED) is 0.532. The van der Waals surface area contributed by atoms with Crippen molar-refractivity contribution in [3.05, 3.63) is 147 Å². The van der Waals surface area contributed by atoms with E-state index in [2.05, 4.69) is 115 Å². The maximum absolute atomic E-state index is 3.50. The fraction of sp³-hybridized carbons (Fsp3) is 0.222. The molecule has 4 aliphatic carbocycles. The largest absolute Gasteiger partial charge is 0.384 e. The van der Waals surface area contributed by atoms with Crippen molar-refractivity contribution in [1.82, 2.24) is 5.32 Å². The summed E-state index contributed by atoms with van der Waals surface area (Å²) in [5.41, 5.74) is 13.1. The van der Waals surface area contributed by atoms with Crippen LogP contribution in [0, 0.1) is 11.8 Å². The maximum atomic E-state index is 3.50. The average molecular weight is 480 g/mol. The highest BCUT2D eigenvalue weighted by Gasteiger charge is 2.34. The molecule has 0 aromatic heterocycles. The predicted octanol–water partition coefficient (Wildman–Crippen LogP) is 6.47. The Morgan fingerprint density at radius 3 is 1.95 bits per heavy atom. The van der Waals surface area contributed by atoms with Crippen molar-refractivity contribution in [2.75, 3.05) is 6.54 Å². The van der Waals surface area contributed by atoms with Crippen molar-refractivity contribution in [2.45, 2.75) is 32.6 Å². The number of allylic oxidation sites excluding steroid dienone is 11. The lowest BCUT2D eigenvalue weighted by molar-refractivity contribution is 0.672. The Morgan fingerprint density at radius 1 is 0.622 bits per heavy atom. The molecular formula is C36H33N. The van der Waals surface area contributed by atoms with Crippen molar-refractivity contribution in [1.29, 1.82) is 0 Å². The fourth-order valence-corrected chi connectivity index (χ4v) is 6.82. The van der Waals surface area contributed by atoms with E-state index in [9.17, 15) is 0 Å². The normalized spacial score (nSPS) is 24.0. The highest BCUT2D eigenvalue weighted by molar-refractivity contribution is 5.84. The van der Waals surface area contributed by atoms with Crippen LogP contribution in [0.25, 0.3) is 17.2 Å². The lowest BCUT2D eigenvalue weighted by Crippen LogP contribution is -2.40. The standard InChI is InChI=1S/C36H33N/c1-24-14-15-30(23-37-24)26-16-19-27(20-17-26)35-31-10-4-6-12-33(31)36(34-13-7-5-11-32(34)35)29-21-18-25-8-2-3-9-28(25)22-29/h2-16,19,22,31,33,37H,17-18,20-21,23H2,1H3. The number of aryl methyl sites for hydroxylation is 1. The molecule has 0 saturated carbocycles. The highest BCUT2D eigenvalue weighted by atomic mass is 14.9. The van der Waals surface area contributed by atoms with Gasteiger partial charge in [0, 0.05) is 24.1 Å². The molecule has 1 heteroatoms. The Hall–Kier alpha value is -3.84. The monoisotopic (exact) mass is 479 g/mol. The van der Waals surface area contributed by atoms with Gasteiger partial charge in [-0.3, -0.25) is 0 Å². The van der Waals surface area contributed by atoms with Crippen molar-refractivity contribution < 1.29 is 0 Å². The van der Waals surface area contributed by atoms with Gasteiger partial charge < -0.3 is 5.32 Å². The molecule has 0 saturated heterocycles. The van der Waals surface area contributed by atoms with E-state index in [4.69, 9.17) is 0 Å². The van der Waals surface area contributed by atoms with Gasteiger partial charge in [0.1, 0.15) is 0 Å². The van der Waals surface area contributed by atoms with Crippen molar-refractivity contribution in [2.24, 2.45) is 11.8 Å². The number of hydrogen-bond acceptors (Lipinski definition) is 1. The van der Waals surface area contributed by atoms with E-state index in [-0.39, 0.29) is 0 Å². The van der Waals surface area contributed by atoms with Crippen LogP contribution in [0.5, 0.6) is 0 Å². The second-order valence-electron chi connectivity index (χ2n) is 10.8. The van der Waals surface area contributed by atoms with Crippen molar-refractivity contribution >= 4 is 17.2 Å². The van der Waals surface area contributed by atoms with E-state index < -0.39 is 0 Å². The lowest BCUT2D eigenvalue weighted by Gasteiger charge is -2.36. The van der Waals surface area contributed by atoms with E-state index in [0.29, 0.717) is 11.8 Å². The van der Waals surface area contributed by atoms with Gasteiger partial charge in [-0.1, -0.05) is 97.1 Å². The van der Waals surface area contributed by atoms with Crippen molar-refractivity contribution in [3.63, 3.8) is 0 Å². The van der Waals surface area contributed by atoms with Gasteiger partial charge in [0.2, 0.25) is 0 Å². The molecule has 2 aromatic carbocycles. The minimum atomic E-state index is 0.385. The topological polar surface area (TPSA) is 12.0 Å². The third kappa shape index (κ3) is 3.94. The lowest BCUT2D eigenvalue weighted by atomic mass is 9.67. The summed E-state index contributed by atoms with van der Waals surface area (Å²) in [6.45, 7) is 3.07. The number of nitrogens with one attached hydrogen (secondary N) is 1. The number of dihydropyridines is 1. The van der Waals surface area contributed by atoms with Crippen LogP contribution in [0.4, 0.5) is 0 Å². The number of benzene rings is 2. The zero-order chi connectivity index (χ0) is 24.8. The number of hydrogen-bond donors (Lipinski definition) is 1. The average Bonchev–Trinajstić information content (AvgIpc) is 2.96. The molecule has 2 unspecified atom stereocenters. The van der Waals surface area contributed by atoms with Gasteiger partial charge in [-0.25, -0.2) is 0 Å². The molecule has 1 N–H and O–H groups in total. The fourth-order valence-electron chi connectivity index (χ4n) is 6.82. The zero-order valence-corrected chi connectivity index (χ0v) is 21.5. The molecule has 1 aliphatic heterocycles. The first kappa shape index (κ1) is 22.4. The van der Waals surface area contributed by atoms with Gasteiger partial charge in [0.25, 0.3) is 0 Å². The van der Waals surface area contributed by atoms with E-state index in [1.54, 1.807) is 0 Å². The summed E-state index contributed by atoms with van der Waals surface area (Å²) in [6.07, 6.45) is 25.6. The molecule has 1 heterocycles. The summed E-state index contributed by atoms with van der Waals surface area (Å²) < 4.78 is 0. The van der Waals surface area contributed by atoms with Gasteiger partial charge in [0.15, 0.2) is 0 Å². The molecular weight excluding hydrogens is 446 g/mol. The molecule has 7 rings (SSSR count). The van der Waals surface area contributed by atoms with Gasteiger partial charge in [-0.2, -0.15) is 0 Å². The van der Waals surface area contributed by atoms with Gasteiger partial charge in [-0.05, 0) is 93.7 Å². The minimum absolute atomic E-state index is 0.385. The maximum Gasteiger partial charge on any atom is 0.0400 e. The summed E-state index contributed by atoms with van der Waals surface area (Å²) in [7, 11) is 0. The van der Waals surface area contributed by atoms with E-state index in [1.807, 2.05) is 0 Å². The molecule has 2 aromatic rings. The van der Waals surface area contributed by atoms with Gasteiger partial charge >= 0.3 is 0 Å². The van der Waals surface area contributed by atoms with Gasteiger partial charge in [-0.15, -0.1) is 0 Å². The van der Waals surface area contributed by atoms with Crippen LogP contribution in [0.3, 0.4) is 0 Å². The molecule has 0 radical (unpaired) electrons. The molecule has 37 heavy (non-hydrogen) atoms.